The van der Waals surface area contributed by atoms with Gasteiger partial charge >= 0.3 is 18.3 Å². The topological polar surface area (TPSA) is 37.3 Å². The lowest BCUT2D eigenvalue weighted by molar-refractivity contribution is -0.144. The summed E-state index contributed by atoms with van der Waals surface area (Å²) < 4.78 is 86.9. The number of hydrogen-bond donors (Lipinski definition) is 1. The third-order valence-electron chi connectivity index (χ3n) is 1.93. The van der Waals surface area contributed by atoms with Crippen molar-refractivity contribution in [2.24, 2.45) is 0 Å². The van der Waals surface area contributed by atoms with Gasteiger partial charge in [-0.05, 0) is 12.1 Å². The molecule has 1 aromatic rings. The molecule has 0 spiro atoms. The highest BCUT2D eigenvalue weighted by molar-refractivity contribution is 5.91. The van der Waals surface area contributed by atoms with E-state index in [2.05, 4.69) is 0 Å². The Morgan fingerprint density at radius 3 is 1.50 bits per heavy atom. The van der Waals surface area contributed by atoms with Gasteiger partial charge < -0.3 is 5.11 Å². The fourth-order valence-electron chi connectivity index (χ4n) is 1.28. The van der Waals surface area contributed by atoms with Crippen molar-refractivity contribution < 1.29 is 40.6 Å². The Kier molecular flexibility index (Phi) is 3.28. The number of alkyl halides is 6. The van der Waals surface area contributed by atoms with Crippen LogP contribution in [0.4, 0.5) is 30.7 Å². The average molecular weight is 276 g/mol. The molecule has 0 amide bonds. The molecule has 1 N–H and O–H groups in total. The number of benzene rings is 1. The fourth-order valence-corrected chi connectivity index (χ4v) is 1.28. The van der Waals surface area contributed by atoms with Gasteiger partial charge in [-0.3, -0.25) is 0 Å². The van der Waals surface area contributed by atoms with Crippen LogP contribution in [0.2, 0.25) is 0 Å². The van der Waals surface area contributed by atoms with Gasteiger partial charge in [0.2, 0.25) is 0 Å². The van der Waals surface area contributed by atoms with Crippen molar-refractivity contribution in [1.29, 1.82) is 0 Å². The van der Waals surface area contributed by atoms with Crippen LogP contribution in [0.5, 0.6) is 0 Å². The predicted molar refractivity (Wildman–Crippen MR) is 43.4 cm³/mol. The van der Waals surface area contributed by atoms with Crippen LogP contribution in [-0.4, -0.2) is 11.1 Å². The molecule has 0 bridgehead atoms. The van der Waals surface area contributed by atoms with Crippen molar-refractivity contribution >= 4 is 5.97 Å². The molecule has 0 atom stereocenters. The Morgan fingerprint density at radius 2 is 1.28 bits per heavy atom. The largest absolute Gasteiger partial charge is 0.478 e. The molecule has 0 saturated heterocycles. The summed E-state index contributed by atoms with van der Waals surface area (Å²) in [5, 5.41) is 8.44. The molecule has 9 heteroatoms. The molecule has 0 aliphatic carbocycles. The summed E-state index contributed by atoms with van der Waals surface area (Å²) in [7, 11) is 0. The molecule has 1 rings (SSSR count). The van der Waals surface area contributed by atoms with E-state index in [0.29, 0.717) is 0 Å². The van der Waals surface area contributed by atoms with Gasteiger partial charge in [-0.25, -0.2) is 9.18 Å². The number of carboxylic acid groups (broad SMARTS) is 1. The van der Waals surface area contributed by atoms with Crippen molar-refractivity contribution in [3.05, 3.63) is 34.6 Å². The van der Waals surface area contributed by atoms with Gasteiger partial charge in [0.15, 0.2) is 0 Å². The molecule has 1 aromatic carbocycles. The smallest absolute Gasteiger partial charge is 0.417 e. The van der Waals surface area contributed by atoms with Crippen molar-refractivity contribution in [1.82, 2.24) is 0 Å². The molecule has 2 nitrogen and oxygen atoms in total. The second-order valence-corrected chi connectivity index (χ2v) is 3.18. The second-order valence-electron chi connectivity index (χ2n) is 3.18. The van der Waals surface area contributed by atoms with Gasteiger partial charge in [-0.2, -0.15) is 26.3 Å². The Labute approximate surface area is 94.6 Å². The second kappa shape index (κ2) is 4.14. The summed E-state index contributed by atoms with van der Waals surface area (Å²) in [4.78, 5) is 10.5. The van der Waals surface area contributed by atoms with Crippen molar-refractivity contribution in [3.63, 3.8) is 0 Å². The molecule has 0 fully saturated rings. The van der Waals surface area contributed by atoms with Gasteiger partial charge in [0.1, 0.15) is 5.82 Å². The highest BCUT2D eigenvalue weighted by Crippen LogP contribution is 2.39. The maximum atomic E-state index is 12.7. The summed E-state index contributed by atoms with van der Waals surface area (Å²) in [5.41, 5.74) is -6.37. The lowest BCUT2D eigenvalue weighted by Gasteiger charge is -2.16. The highest BCUT2D eigenvalue weighted by Gasteiger charge is 2.43. The minimum Gasteiger partial charge on any atom is -0.478 e. The number of carbonyl (C=O) groups is 1. The van der Waals surface area contributed by atoms with Crippen LogP contribution < -0.4 is 0 Å². The molecule has 0 saturated carbocycles. The minimum atomic E-state index is -5.41. The van der Waals surface area contributed by atoms with Gasteiger partial charge in [0.05, 0.1) is 16.7 Å². The summed E-state index contributed by atoms with van der Waals surface area (Å²) in [6.07, 6.45) is -10.8. The lowest BCUT2D eigenvalue weighted by atomic mass is 9.99. The molecule has 0 aliphatic rings. The molecule has 18 heavy (non-hydrogen) atoms. The molecule has 0 aliphatic heterocycles. The number of carboxylic acids is 1. The molecule has 0 radical (unpaired) electrons. The van der Waals surface area contributed by atoms with E-state index in [1.54, 1.807) is 0 Å². The van der Waals surface area contributed by atoms with E-state index in [1.807, 2.05) is 0 Å². The first-order valence-electron chi connectivity index (χ1n) is 4.16. The predicted octanol–water partition coefficient (Wildman–Crippen LogP) is 3.56. The zero-order valence-corrected chi connectivity index (χ0v) is 8.16. The van der Waals surface area contributed by atoms with Crippen LogP contribution in [0.1, 0.15) is 21.5 Å². The maximum Gasteiger partial charge on any atom is 0.417 e. The van der Waals surface area contributed by atoms with E-state index < -0.39 is 40.8 Å². The third kappa shape index (κ3) is 2.71. The van der Waals surface area contributed by atoms with Crippen molar-refractivity contribution in [2.75, 3.05) is 0 Å². The maximum absolute atomic E-state index is 12.7. The molecule has 0 unspecified atom stereocenters. The van der Waals surface area contributed by atoms with Crippen LogP contribution in [0, 0.1) is 5.82 Å². The standard InChI is InChI=1S/C9H3F7O2/c10-3-1-4(8(11,12)13)6(7(17)18)5(2-3)9(14,15)16/h1-2H,(H,17,18). The number of aromatic carboxylic acids is 1. The molecular formula is C9H3F7O2. The third-order valence-corrected chi connectivity index (χ3v) is 1.93. The van der Waals surface area contributed by atoms with E-state index in [9.17, 15) is 35.5 Å². The van der Waals surface area contributed by atoms with Gasteiger partial charge in [0, 0.05) is 0 Å². The Balaban J connectivity index is 3.74. The normalized spacial score (nSPS) is 12.6. The zero-order valence-electron chi connectivity index (χ0n) is 8.16. The monoisotopic (exact) mass is 276 g/mol. The number of hydrogen-bond acceptors (Lipinski definition) is 1. The van der Waals surface area contributed by atoms with E-state index in [4.69, 9.17) is 5.11 Å². The fraction of sp³-hybridized carbons (Fsp3) is 0.222. The summed E-state index contributed by atoms with van der Waals surface area (Å²) in [5.74, 6) is -4.26. The molecule has 0 heterocycles. The van der Waals surface area contributed by atoms with Gasteiger partial charge in [0.25, 0.3) is 0 Å². The van der Waals surface area contributed by atoms with E-state index in [-0.39, 0.29) is 12.1 Å². The number of rotatable bonds is 1. The van der Waals surface area contributed by atoms with E-state index >= 15 is 0 Å². The number of halogens is 7. The van der Waals surface area contributed by atoms with E-state index in [0.717, 1.165) is 0 Å². The first-order chi connectivity index (χ1) is 7.94. The van der Waals surface area contributed by atoms with E-state index in [1.165, 1.54) is 0 Å². The van der Waals surface area contributed by atoms with Crippen LogP contribution in [-0.2, 0) is 12.4 Å². The van der Waals surface area contributed by atoms with Crippen LogP contribution >= 0.6 is 0 Å². The Bertz CT molecular complexity index is 452. The summed E-state index contributed by atoms with van der Waals surface area (Å²) >= 11 is 0. The van der Waals surface area contributed by atoms with Crippen LogP contribution in [0.25, 0.3) is 0 Å². The zero-order chi connectivity index (χ0) is 14.3. The summed E-state index contributed by atoms with van der Waals surface area (Å²) in [6.45, 7) is 0. The summed E-state index contributed by atoms with van der Waals surface area (Å²) in [6, 6.07) is -0.586. The van der Waals surface area contributed by atoms with Gasteiger partial charge in [-0.15, -0.1) is 0 Å². The minimum absolute atomic E-state index is 0.293. The first-order valence-corrected chi connectivity index (χ1v) is 4.16. The lowest BCUT2D eigenvalue weighted by Crippen LogP contribution is -2.20. The Hall–Kier alpha value is -1.80. The van der Waals surface area contributed by atoms with Crippen molar-refractivity contribution in [2.45, 2.75) is 12.4 Å². The first kappa shape index (κ1) is 14.3. The average Bonchev–Trinajstić information content (AvgIpc) is 2.12. The molecule has 100 valence electrons. The van der Waals surface area contributed by atoms with Crippen LogP contribution in [0.3, 0.4) is 0 Å². The molecule has 0 aromatic heterocycles. The SMILES string of the molecule is O=C(O)c1c(C(F)(F)F)cc(F)cc1C(F)(F)F. The van der Waals surface area contributed by atoms with Crippen molar-refractivity contribution in [3.8, 4) is 0 Å². The quantitative estimate of drug-likeness (QED) is 0.796. The Morgan fingerprint density at radius 1 is 0.944 bits per heavy atom. The van der Waals surface area contributed by atoms with Crippen LogP contribution in [0.15, 0.2) is 12.1 Å². The molecular weight excluding hydrogens is 273 g/mol. The highest BCUT2D eigenvalue weighted by atomic mass is 19.4. The van der Waals surface area contributed by atoms with Gasteiger partial charge in [-0.1, -0.05) is 0 Å².